The number of rotatable bonds is 14. The van der Waals surface area contributed by atoms with Crippen LogP contribution in [0.3, 0.4) is 0 Å². The average Bonchev–Trinajstić information content (AvgIpc) is 2.81. The van der Waals surface area contributed by atoms with Gasteiger partial charge in [0.25, 0.3) is 0 Å². The molecule has 0 saturated carbocycles. The van der Waals surface area contributed by atoms with E-state index in [0.717, 1.165) is 26.2 Å². The minimum Gasteiger partial charge on any atom is -0.857 e. The Labute approximate surface area is 251 Å². The van der Waals surface area contributed by atoms with Crippen LogP contribution in [0.15, 0.2) is 25.6 Å². The summed E-state index contributed by atoms with van der Waals surface area (Å²) in [6.07, 6.45) is 6.71. The van der Waals surface area contributed by atoms with Gasteiger partial charge >= 0.3 is 41.5 Å². The minimum atomic E-state index is -0.329. The van der Waals surface area contributed by atoms with E-state index in [0.29, 0.717) is 32.1 Å². The van der Waals surface area contributed by atoms with Gasteiger partial charge in [-0.1, -0.05) is 34.4 Å². The Balaban J connectivity index is -0.0000000686. The van der Waals surface area contributed by atoms with Crippen molar-refractivity contribution in [2.24, 2.45) is 0 Å². The van der Waals surface area contributed by atoms with Crippen molar-refractivity contribution in [3.05, 3.63) is 25.6 Å². The van der Waals surface area contributed by atoms with Gasteiger partial charge in [0.15, 0.2) is 0 Å². The molecule has 0 spiro atoms. The summed E-state index contributed by atoms with van der Waals surface area (Å²) in [6.45, 7) is 16.7. The normalized spacial score (nSPS) is 11.1. The largest absolute Gasteiger partial charge is 1.00 e. The molecule has 220 valence electrons. The predicted molar refractivity (Wildman–Crippen MR) is 143 cm³/mol. The van der Waals surface area contributed by atoms with Gasteiger partial charge in [0.1, 0.15) is 6.10 Å². The third-order valence-corrected chi connectivity index (χ3v) is 3.64. The summed E-state index contributed by atoms with van der Waals surface area (Å²) in [6, 6.07) is 0.120. The predicted octanol–water partition coefficient (Wildman–Crippen LogP) is -1.68. The van der Waals surface area contributed by atoms with E-state index in [-0.39, 0.29) is 73.2 Å². The molecular weight excluding hydrogens is 509 g/mol. The number of nitrogens with one attached hydrogen (secondary N) is 3. The van der Waals surface area contributed by atoms with Gasteiger partial charge in [-0.15, -0.1) is 0 Å². The first-order valence-corrected chi connectivity index (χ1v) is 11.2. The smallest absolute Gasteiger partial charge is 0.857 e. The molecule has 0 radical (unpaired) electrons. The van der Waals surface area contributed by atoms with Crippen molar-refractivity contribution in [3.63, 3.8) is 0 Å². The van der Waals surface area contributed by atoms with E-state index in [1.54, 1.807) is 0 Å². The van der Waals surface area contributed by atoms with Gasteiger partial charge < -0.3 is 35.6 Å². The number of carbonyl (C=O) groups excluding carboxylic acids is 5. The number of aliphatic hydroxyl groups is 1. The first-order valence-electron chi connectivity index (χ1n) is 11.2. The summed E-state index contributed by atoms with van der Waals surface area (Å²) in [5.74, 6) is -0.602. The molecule has 4 unspecified atom stereocenters. The standard InChI is InChI=1S/C9H17NO3.C7H15NO2.C4H6O2.C3H5NO.CH3O.CH4.Na/c1-4-9(13-8(3)12)5-7(2)10-6-11;1-3-7(10)4-6(2)8-5-9;1-3-6-4(2)5;1-2-4-3-5;1-2;;/h6-7,9H,4-5H2,1-3H3,(H,10,11);5-7,10H,3-4H2,1-2H3,(H,8,9);3H,1H2,2H3;2-3H,1H2,(H,4,5);1H3;1H4;/q;;;;-1;;+1. The van der Waals surface area contributed by atoms with E-state index in [9.17, 15) is 24.0 Å². The Kier molecular flexibility index (Phi) is 61.5. The summed E-state index contributed by atoms with van der Waals surface area (Å²) < 4.78 is 9.19. The molecule has 38 heavy (non-hydrogen) atoms. The maximum absolute atomic E-state index is 10.6. The second kappa shape index (κ2) is 44.7. The van der Waals surface area contributed by atoms with Crippen LogP contribution in [0.1, 0.15) is 74.7 Å². The number of aliphatic hydroxyl groups excluding tert-OH is 1. The number of carbonyl (C=O) groups is 5. The molecular formula is C25H50N3NaO9. The molecule has 0 aromatic rings. The molecule has 0 heterocycles. The van der Waals surface area contributed by atoms with Crippen LogP contribution in [0.25, 0.3) is 0 Å². The molecule has 0 fully saturated rings. The SMILES string of the molecule is C.C=CNC=O.C=COC(C)=O.CCC(CC(C)NC=O)OC(C)=O.CCC(O)CC(C)NC=O.C[O-].[Na+]. The van der Waals surface area contributed by atoms with Gasteiger partial charge in [-0.2, -0.15) is 7.11 Å². The second-order valence-corrected chi connectivity index (χ2v) is 6.81. The van der Waals surface area contributed by atoms with E-state index in [1.807, 2.05) is 27.7 Å². The minimum absolute atomic E-state index is 0. The molecule has 0 aliphatic rings. The molecule has 0 aliphatic carbocycles. The average molecular weight is 560 g/mol. The van der Waals surface area contributed by atoms with Crippen molar-refractivity contribution in [2.75, 3.05) is 7.11 Å². The fraction of sp³-hybridized carbons (Fsp3) is 0.640. The van der Waals surface area contributed by atoms with Crippen LogP contribution >= 0.6 is 0 Å². The summed E-state index contributed by atoms with van der Waals surface area (Å²) in [7, 11) is 0.750. The van der Waals surface area contributed by atoms with E-state index in [1.165, 1.54) is 20.0 Å². The summed E-state index contributed by atoms with van der Waals surface area (Å²) in [5, 5.41) is 24.7. The maximum Gasteiger partial charge on any atom is 1.00 e. The van der Waals surface area contributed by atoms with Crippen LogP contribution in [0, 0.1) is 0 Å². The summed E-state index contributed by atoms with van der Waals surface area (Å²) in [5.41, 5.74) is 0. The van der Waals surface area contributed by atoms with Crippen molar-refractivity contribution in [3.8, 4) is 0 Å². The molecule has 0 aromatic carbocycles. The number of hydrogen-bond donors (Lipinski definition) is 4. The quantitative estimate of drug-likeness (QED) is 0.0836. The molecule has 0 saturated heterocycles. The van der Waals surface area contributed by atoms with Gasteiger partial charge in [0.05, 0.1) is 12.4 Å². The van der Waals surface area contributed by atoms with Crippen LogP contribution in [-0.2, 0) is 33.4 Å². The first kappa shape index (κ1) is 52.2. The number of esters is 2. The summed E-state index contributed by atoms with van der Waals surface area (Å²) >= 11 is 0. The Hall–Kier alpha value is -2.25. The van der Waals surface area contributed by atoms with Crippen LogP contribution in [0.4, 0.5) is 0 Å². The van der Waals surface area contributed by atoms with Gasteiger partial charge in [-0.25, -0.2) is 0 Å². The fourth-order valence-electron chi connectivity index (χ4n) is 2.04. The molecule has 4 atom stereocenters. The molecule has 0 bridgehead atoms. The zero-order valence-corrected chi connectivity index (χ0v) is 25.7. The van der Waals surface area contributed by atoms with Crippen molar-refractivity contribution in [1.82, 2.24) is 16.0 Å². The number of hydrogen-bond acceptors (Lipinski definition) is 9. The fourth-order valence-corrected chi connectivity index (χ4v) is 2.04. The Morgan fingerprint density at radius 1 is 0.895 bits per heavy atom. The third kappa shape index (κ3) is 59.1. The molecule has 0 aromatic heterocycles. The van der Waals surface area contributed by atoms with Gasteiger partial charge in [-0.3, -0.25) is 24.0 Å². The third-order valence-electron chi connectivity index (χ3n) is 3.64. The monoisotopic (exact) mass is 559 g/mol. The second-order valence-electron chi connectivity index (χ2n) is 6.81. The molecule has 4 N–H and O–H groups in total. The van der Waals surface area contributed by atoms with Gasteiger partial charge in [0.2, 0.25) is 19.2 Å². The van der Waals surface area contributed by atoms with Crippen LogP contribution in [0.5, 0.6) is 0 Å². The number of ether oxygens (including phenoxy) is 2. The zero-order valence-electron chi connectivity index (χ0n) is 23.7. The van der Waals surface area contributed by atoms with Crippen molar-refractivity contribution < 1.29 is 73.2 Å². The van der Waals surface area contributed by atoms with Gasteiger partial charge in [-0.05, 0) is 39.3 Å². The molecule has 12 nitrogen and oxygen atoms in total. The topological polar surface area (TPSA) is 183 Å². The molecule has 3 amide bonds. The molecule has 0 aliphatic heterocycles. The van der Waals surface area contributed by atoms with Crippen molar-refractivity contribution >= 4 is 31.2 Å². The Morgan fingerprint density at radius 3 is 1.55 bits per heavy atom. The molecule has 13 heteroatoms. The van der Waals surface area contributed by atoms with E-state index >= 15 is 0 Å². The van der Waals surface area contributed by atoms with E-state index in [4.69, 9.17) is 14.9 Å². The summed E-state index contributed by atoms with van der Waals surface area (Å²) in [4.78, 5) is 49.6. The zero-order chi connectivity index (χ0) is 29.4. The van der Waals surface area contributed by atoms with Crippen LogP contribution < -0.4 is 50.6 Å². The van der Waals surface area contributed by atoms with Crippen molar-refractivity contribution in [1.29, 1.82) is 0 Å². The first-order chi connectivity index (χ1) is 17.0. The Bertz CT molecular complexity index is 562. The molecule has 0 rings (SSSR count). The van der Waals surface area contributed by atoms with Crippen molar-refractivity contribution in [2.45, 2.75) is 98.9 Å². The van der Waals surface area contributed by atoms with Crippen LogP contribution in [0.2, 0.25) is 0 Å². The van der Waals surface area contributed by atoms with E-state index in [2.05, 4.69) is 33.8 Å². The maximum atomic E-state index is 10.6. The van der Waals surface area contributed by atoms with Gasteiger partial charge in [0, 0.05) is 32.4 Å². The number of amides is 3. The van der Waals surface area contributed by atoms with Crippen LogP contribution in [-0.4, -0.2) is 67.7 Å². The Morgan fingerprint density at radius 2 is 1.34 bits per heavy atom. The van der Waals surface area contributed by atoms with E-state index < -0.39 is 0 Å².